The van der Waals surface area contributed by atoms with Crippen molar-refractivity contribution in [2.45, 2.75) is 43.4 Å². The zero-order chi connectivity index (χ0) is 31.1. The van der Waals surface area contributed by atoms with Gasteiger partial charge in [-0.25, -0.2) is 4.79 Å². The van der Waals surface area contributed by atoms with E-state index >= 15 is 0 Å². The number of nitrogens with two attached hydrogens (primary N) is 1. The molecule has 14 heteroatoms. The fraction of sp³-hybridized carbons (Fsp3) is 0.276. The van der Waals surface area contributed by atoms with Crippen molar-refractivity contribution in [1.29, 1.82) is 0 Å². The molecule has 0 saturated carbocycles. The molecule has 9 N–H and O–H groups in total. The third-order valence-corrected chi connectivity index (χ3v) is 7.36. The number of carboxylic acid groups (broad SMARTS) is 2. The summed E-state index contributed by atoms with van der Waals surface area (Å²) >= 11 is 4.20. The van der Waals surface area contributed by atoms with Crippen molar-refractivity contribution in [3.63, 3.8) is 0 Å². The van der Waals surface area contributed by atoms with E-state index in [1.807, 2.05) is 42.5 Å². The highest BCUT2D eigenvalue weighted by molar-refractivity contribution is 7.80. The third kappa shape index (κ3) is 7.72. The van der Waals surface area contributed by atoms with E-state index in [2.05, 4.69) is 38.5 Å². The molecule has 4 aromatic rings. The van der Waals surface area contributed by atoms with Gasteiger partial charge in [0.2, 0.25) is 17.7 Å². The molecule has 2 aromatic carbocycles. The molecule has 0 fully saturated rings. The first kappa shape index (κ1) is 31.1. The molecule has 0 spiro atoms. The Morgan fingerprint density at radius 2 is 1.21 bits per heavy atom. The first-order valence-electron chi connectivity index (χ1n) is 13.4. The lowest BCUT2D eigenvalue weighted by Crippen LogP contribution is -2.58. The van der Waals surface area contributed by atoms with Gasteiger partial charge < -0.3 is 41.9 Å². The molecule has 0 radical (unpaired) electrons. The number of hydrogen-bond acceptors (Lipinski definition) is 7. The van der Waals surface area contributed by atoms with Crippen molar-refractivity contribution >= 4 is 64.1 Å². The molecule has 226 valence electrons. The van der Waals surface area contributed by atoms with E-state index in [0.29, 0.717) is 5.56 Å². The number of aromatic amines is 2. The van der Waals surface area contributed by atoms with Crippen LogP contribution in [0.15, 0.2) is 60.9 Å². The standard InChI is InChI=1S/C29H32N6O7S/c30-19(9-15-12-31-20-7-3-1-5-17(15)20)26(38)35-24(14-43)28(40)33-22(27(39)34-23(29(41)42)11-25(36)37)10-16-13-32-21-8-4-2-6-18(16)21/h1-8,12-13,19,22-24,31-32,43H,9-11,14,30H2,(H,33,40)(H,34,39)(H,35,38)(H,36,37)(H,41,42). The zero-order valence-corrected chi connectivity index (χ0v) is 23.8. The molecular formula is C29H32N6O7S. The number of H-pyrrole nitrogens is 2. The topological polar surface area (TPSA) is 219 Å². The predicted molar refractivity (Wildman–Crippen MR) is 162 cm³/mol. The van der Waals surface area contributed by atoms with Crippen LogP contribution < -0.4 is 21.7 Å². The van der Waals surface area contributed by atoms with Gasteiger partial charge in [0.1, 0.15) is 18.1 Å². The van der Waals surface area contributed by atoms with Crippen molar-refractivity contribution in [2.24, 2.45) is 5.73 Å². The summed E-state index contributed by atoms with van der Waals surface area (Å²) < 4.78 is 0. The summed E-state index contributed by atoms with van der Waals surface area (Å²) in [5.41, 5.74) is 9.31. The van der Waals surface area contributed by atoms with E-state index in [0.717, 1.165) is 27.4 Å². The predicted octanol–water partition coefficient (Wildman–Crippen LogP) is 0.705. The minimum Gasteiger partial charge on any atom is -0.481 e. The molecule has 0 saturated heterocycles. The molecule has 2 aromatic heterocycles. The van der Waals surface area contributed by atoms with Gasteiger partial charge in [-0.15, -0.1) is 0 Å². The van der Waals surface area contributed by atoms with Gasteiger partial charge in [-0.1, -0.05) is 36.4 Å². The van der Waals surface area contributed by atoms with Gasteiger partial charge in [0.25, 0.3) is 0 Å². The highest BCUT2D eigenvalue weighted by atomic mass is 32.1. The van der Waals surface area contributed by atoms with Gasteiger partial charge in [0, 0.05) is 46.4 Å². The monoisotopic (exact) mass is 608 g/mol. The number of amides is 3. The number of para-hydroxylation sites is 2. The van der Waals surface area contributed by atoms with Crippen LogP contribution in [0.1, 0.15) is 17.5 Å². The molecular weight excluding hydrogens is 576 g/mol. The Hall–Kier alpha value is -4.82. The van der Waals surface area contributed by atoms with Crippen molar-refractivity contribution in [1.82, 2.24) is 25.9 Å². The number of nitrogens with one attached hydrogen (secondary N) is 5. The summed E-state index contributed by atoms with van der Waals surface area (Å²) in [7, 11) is 0. The number of rotatable bonds is 14. The number of carbonyl (C=O) groups excluding carboxylic acids is 3. The molecule has 0 bridgehead atoms. The molecule has 4 atom stereocenters. The number of carbonyl (C=O) groups is 5. The van der Waals surface area contributed by atoms with E-state index < -0.39 is 60.2 Å². The van der Waals surface area contributed by atoms with Gasteiger partial charge in [0.05, 0.1) is 12.5 Å². The smallest absolute Gasteiger partial charge is 0.326 e. The Morgan fingerprint density at radius 1 is 0.721 bits per heavy atom. The van der Waals surface area contributed by atoms with E-state index in [1.54, 1.807) is 18.5 Å². The number of thiol groups is 1. The van der Waals surface area contributed by atoms with Crippen molar-refractivity contribution in [3.8, 4) is 0 Å². The summed E-state index contributed by atoms with van der Waals surface area (Å²) in [4.78, 5) is 68.4. The maximum Gasteiger partial charge on any atom is 0.326 e. The molecule has 4 rings (SSSR count). The Labute approximate surface area is 251 Å². The van der Waals surface area contributed by atoms with Gasteiger partial charge >= 0.3 is 11.9 Å². The highest BCUT2D eigenvalue weighted by Gasteiger charge is 2.31. The zero-order valence-electron chi connectivity index (χ0n) is 22.9. The molecule has 4 unspecified atom stereocenters. The number of fused-ring (bicyclic) bond motifs is 2. The van der Waals surface area contributed by atoms with Crippen LogP contribution in [-0.2, 0) is 36.8 Å². The van der Waals surface area contributed by atoms with E-state index in [9.17, 15) is 29.1 Å². The molecule has 0 aliphatic rings. The molecule has 43 heavy (non-hydrogen) atoms. The van der Waals surface area contributed by atoms with Crippen LogP contribution in [0.5, 0.6) is 0 Å². The summed E-state index contributed by atoms with van der Waals surface area (Å²) in [5, 5.41) is 27.5. The number of aromatic nitrogens is 2. The average molecular weight is 609 g/mol. The maximum atomic E-state index is 13.3. The summed E-state index contributed by atoms with van der Waals surface area (Å²) in [6.45, 7) is 0. The Balaban J connectivity index is 1.48. The van der Waals surface area contributed by atoms with Crippen LogP contribution in [0.25, 0.3) is 21.8 Å². The van der Waals surface area contributed by atoms with Crippen LogP contribution in [0.2, 0.25) is 0 Å². The van der Waals surface area contributed by atoms with Crippen molar-refractivity contribution in [2.75, 3.05) is 5.75 Å². The fourth-order valence-electron chi connectivity index (χ4n) is 4.75. The maximum absolute atomic E-state index is 13.3. The van der Waals surface area contributed by atoms with Gasteiger partial charge in [-0.2, -0.15) is 12.6 Å². The second kappa shape index (κ2) is 13.9. The first-order chi connectivity index (χ1) is 20.6. The molecule has 2 heterocycles. The minimum absolute atomic E-state index is 0.0612. The lowest BCUT2D eigenvalue weighted by molar-refractivity contribution is -0.147. The second-order valence-electron chi connectivity index (χ2n) is 10.0. The Bertz CT molecular complexity index is 1650. The summed E-state index contributed by atoms with van der Waals surface area (Å²) in [5.74, 6) is -5.37. The SMILES string of the molecule is NC(Cc1c[nH]c2ccccc12)C(=O)NC(CS)C(=O)NC(Cc1c[nH]c2ccccc12)C(=O)NC(CC(=O)O)C(=O)O. The average Bonchev–Trinajstić information content (AvgIpc) is 3.58. The quantitative estimate of drug-likeness (QED) is 0.0926. The van der Waals surface area contributed by atoms with Crippen LogP contribution in [-0.4, -0.2) is 79.8 Å². The number of benzene rings is 2. The number of hydrogen-bond donors (Lipinski definition) is 9. The summed E-state index contributed by atoms with van der Waals surface area (Å²) in [6.07, 6.45) is 2.70. The Kier molecular flexibility index (Phi) is 10.1. The van der Waals surface area contributed by atoms with E-state index in [-0.39, 0.29) is 18.6 Å². The van der Waals surface area contributed by atoms with Crippen molar-refractivity contribution < 1.29 is 34.2 Å². The van der Waals surface area contributed by atoms with Gasteiger partial charge in [-0.05, 0) is 29.7 Å². The molecule has 0 aliphatic carbocycles. The van der Waals surface area contributed by atoms with Crippen LogP contribution >= 0.6 is 12.6 Å². The van der Waals surface area contributed by atoms with Crippen molar-refractivity contribution in [3.05, 3.63) is 72.1 Å². The van der Waals surface area contributed by atoms with E-state index in [1.165, 1.54) is 0 Å². The minimum atomic E-state index is -1.73. The number of aliphatic carboxylic acids is 2. The van der Waals surface area contributed by atoms with Crippen LogP contribution in [0.3, 0.4) is 0 Å². The highest BCUT2D eigenvalue weighted by Crippen LogP contribution is 2.20. The normalized spacial score (nSPS) is 14.0. The lowest BCUT2D eigenvalue weighted by atomic mass is 10.0. The second-order valence-corrected chi connectivity index (χ2v) is 10.4. The number of carboxylic acids is 2. The molecule has 13 nitrogen and oxygen atoms in total. The molecule has 3 amide bonds. The van der Waals surface area contributed by atoms with Gasteiger partial charge in [0.15, 0.2) is 0 Å². The first-order valence-corrected chi connectivity index (χ1v) is 14.0. The van der Waals surface area contributed by atoms with Crippen LogP contribution in [0.4, 0.5) is 0 Å². The van der Waals surface area contributed by atoms with E-state index in [4.69, 9.17) is 10.8 Å². The molecule has 0 aliphatic heterocycles. The van der Waals surface area contributed by atoms with Gasteiger partial charge in [-0.3, -0.25) is 19.2 Å². The third-order valence-electron chi connectivity index (χ3n) is 6.99. The lowest BCUT2D eigenvalue weighted by Gasteiger charge is -2.24. The van der Waals surface area contributed by atoms with Crippen LogP contribution in [0, 0.1) is 0 Å². The fourth-order valence-corrected chi connectivity index (χ4v) is 5.01. The largest absolute Gasteiger partial charge is 0.481 e. The Morgan fingerprint density at radius 3 is 1.74 bits per heavy atom. The summed E-state index contributed by atoms with van der Waals surface area (Å²) in [6, 6.07) is 9.59.